The monoisotopic (exact) mass is 281 g/mol. The molecule has 19 heavy (non-hydrogen) atoms. The van der Waals surface area contributed by atoms with Gasteiger partial charge in [0, 0.05) is 18.0 Å². The Morgan fingerprint density at radius 3 is 3.05 bits per heavy atom. The number of aryl methyl sites for hydroxylation is 1. The van der Waals surface area contributed by atoms with E-state index in [0.717, 1.165) is 11.0 Å². The zero-order valence-corrected chi connectivity index (χ0v) is 11.5. The van der Waals surface area contributed by atoms with Crippen LogP contribution in [0.25, 0.3) is 11.0 Å². The molecule has 5 nitrogen and oxygen atoms in total. The number of hydrogen-bond donors (Lipinski definition) is 1. The van der Waals surface area contributed by atoms with Crippen molar-refractivity contribution < 1.29 is 9.53 Å². The maximum Gasteiger partial charge on any atom is 0.305 e. The van der Waals surface area contributed by atoms with Crippen LogP contribution in [0, 0.1) is 0 Å². The van der Waals surface area contributed by atoms with Crippen LogP contribution in [0.3, 0.4) is 0 Å². The smallest absolute Gasteiger partial charge is 0.305 e. The first-order valence-electron chi connectivity index (χ1n) is 6.18. The number of imidazole rings is 1. The van der Waals surface area contributed by atoms with E-state index >= 15 is 0 Å². The Labute approximate surface area is 116 Å². The number of rotatable bonds is 5. The van der Waals surface area contributed by atoms with Crippen LogP contribution in [-0.2, 0) is 16.1 Å². The third-order valence-electron chi connectivity index (χ3n) is 2.81. The Morgan fingerprint density at radius 2 is 2.32 bits per heavy atom. The molecule has 102 valence electrons. The van der Waals surface area contributed by atoms with Crippen LogP contribution in [0.2, 0.25) is 5.02 Å². The molecule has 0 aliphatic carbocycles. The van der Waals surface area contributed by atoms with Gasteiger partial charge in [-0.15, -0.1) is 0 Å². The third kappa shape index (κ3) is 3.17. The molecule has 1 aromatic heterocycles. The molecule has 0 atom stereocenters. The summed E-state index contributed by atoms with van der Waals surface area (Å²) >= 11 is 5.97. The first-order chi connectivity index (χ1) is 9.11. The minimum atomic E-state index is -0.191. The van der Waals surface area contributed by atoms with E-state index in [0.29, 0.717) is 37.0 Å². The summed E-state index contributed by atoms with van der Waals surface area (Å²) in [5.74, 6) is 0.240. The number of esters is 1. The number of ether oxygens (including phenoxy) is 1. The Balaban J connectivity index is 2.09. The summed E-state index contributed by atoms with van der Waals surface area (Å²) in [4.78, 5) is 15.5. The first kappa shape index (κ1) is 13.7. The molecule has 0 radical (unpaired) electrons. The highest BCUT2D eigenvalue weighted by molar-refractivity contribution is 6.31. The van der Waals surface area contributed by atoms with Crippen LogP contribution in [0.5, 0.6) is 0 Å². The van der Waals surface area contributed by atoms with Crippen LogP contribution in [0.4, 0.5) is 5.95 Å². The largest absolute Gasteiger partial charge is 0.466 e. The predicted molar refractivity (Wildman–Crippen MR) is 75.0 cm³/mol. The number of aromatic nitrogens is 2. The SMILES string of the molecule is CCOC(=O)CCCn1c(N)nc2ccc(Cl)cc21. The molecule has 0 bridgehead atoms. The Morgan fingerprint density at radius 1 is 1.53 bits per heavy atom. The lowest BCUT2D eigenvalue weighted by atomic mass is 10.3. The topological polar surface area (TPSA) is 70.1 Å². The molecule has 0 unspecified atom stereocenters. The molecule has 0 aliphatic heterocycles. The van der Waals surface area contributed by atoms with Crippen LogP contribution in [0.15, 0.2) is 18.2 Å². The van der Waals surface area contributed by atoms with Crippen molar-refractivity contribution >= 4 is 34.6 Å². The van der Waals surface area contributed by atoms with Crippen LogP contribution >= 0.6 is 11.6 Å². The van der Waals surface area contributed by atoms with Gasteiger partial charge in [0.1, 0.15) is 0 Å². The number of hydrogen-bond acceptors (Lipinski definition) is 4. The summed E-state index contributed by atoms with van der Waals surface area (Å²) < 4.78 is 6.74. The van der Waals surface area contributed by atoms with Crippen molar-refractivity contribution in [2.24, 2.45) is 0 Å². The van der Waals surface area contributed by atoms with Crippen molar-refractivity contribution in [2.75, 3.05) is 12.3 Å². The number of fused-ring (bicyclic) bond motifs is 1. The van der Waals surface area contributed by atoms with E-state index in [4.69, 9.17) is 22.1 Å². The zero-order chi connectivity index (χ0) is 13.8. The molecule has 2 N–H and O–H groups in total. The van der Waals surface area contributed by atoms with Crippen molar-refractivity contribution in [1.82, 2.24) is 9.55 Å². The van der Waals surface area contributed by atoms with E-state index in [2.05, 4.69) is 4.98 Å². The molecule has 0 fully saturated rings. The Kier molecular flexibility index (Phi) is 4.27. The Hall–Kier alpha value is -1.75. The van der Waals surface area contributed by atoms with E-state index in [1.54, 1.807) is 13.0 Å². The maximum atomic E-state index is 11.3. The fourth-order valence-corrected chi connectivity index (χ4v) is 2.13. The van der Waals surface area contributed by atoms with E-state index in [9.17, 15) is 4.79 Å². The molecule has 2 aromatic rings. The van der Waals surface area contributed by atoms with E-state index in [1.807, 2.05) is 16.7 Å². The Bertz CT molecular complexity index is 595. The summed E-state index contributed by atoms with van der Waals surface area (Å²) in [5, 5.41) is 0.638. The van der Waals surface area contributed by atoms with Gasteiger partial charge in [-0.2, -0.15) is 0 Å². The highest BCUT2D eigenvalue weighted by Gasteiger charge is 2.09. The van der Waals surface area contributed by atoms with Crippen molar-refractivity contribution in [2.45, 2.75) is 26.3 Å². The van der Waals surface area contributed by atoms with Gasteiger partial charge in [0.15, 0.2) is 0 Å². The highest BCUT2D eigenvalue weighted by atomic mass is 35.5. The average molecular weight is 282 g/mol. The quantitative estimate of drug-likeness (QED) is 0.855. The fraction of sp³-hybridized carbons (Fsp3) is 0.385. The van der Waals surface area contributed by atoms with Gasteiger partial charge in [0.25, 0.3) is 0 Å². The lowest BCUT2D eigenvalue weighted by molar-refractivity contribution is -0.143. The van der Waals surface area contributed by atoms with Gasteiger partial charge >= 0.3 is 5.97 Å². The van der Waals surface area contributed by atoms with Gasteiger partial charge in [-0.05, 0) is 31.5 Å². The third-order valence-corrected chi connectivity index (χ3v) is 3.04. The van der Waals surface area contributed by atoms with Crippen molar-refractivity contribution in [3.05, 3.63) is 23.2 Å². The van der Waals surface area contributed by atoms with Gasteiger partial charge in [0.05, 0.1) is 17.6 Å². The number of carbonyl (C=O) groups excluding carboxylic acids is 1. The second-order valence-electron chi connectivity index (χ2n) is 4.16. The van der Waals surface area contributed by atoms with Gasteiger partial charge in [-0.1, -0.05) is 11.6 Å². The van der Waals surface area contributed by atoms with E-state index in [-0.39, 0.29) is 5.97 Å². The molecular formula is C13H16ClN3O2. The van der Waals surface area contributed by atoms with Crippen LogP contribution in [-0.4, -0.2) is 22.1 Å². The summed E-state index contributed by atoms with van der Waals surface area (Å²) in [6.45, 7) is 2.81. The van der Waals surface area contributed by atoms with Crippen molar-refractivity contribution in [1.29, 1.82) is 0 Å². The average Bonchev–Trinajstić information content (AvgIpc) is 2.66. The van der Waals surface area contributed by atoms with Crippen molar-refractivity contribution in [3.8, 4) is 0 Å². The molecule has 0 saturated carbocycles. The standard InChI is InChI=1S/C13H16ClN3O2/c1-2-19-12(18)4-3-7-17-11-8-9(14)5-6-10(11)16-13(17)15/h5-6,8H,2-4,7H2,1H3,(H2,15,16). The number of carbonyl (C=O) groups is 1. The molecule has 0 amide bonds. The minimum absolute atomic E-state index is 0.191. The second-order valence-corrected chi connectivity index (χ2v) is 4.60. The summed E-state index contributed by atoms with van der Waals surface area (Å²) in [7, 11) is 0. The summed E-state index contributed by atoms with van der Waals surface area (Å²) in [5.41, 5.74) is 7.56. The first-order valence-corrected chi connectivity index (χ1v) is 6.56. The highest BCUT2D eigenvalue weighted by Crippen LogP contribution is 2.22. The molecule has 0 spiro atoms. The lowest BCUT2D eigenvalue weighted by Gasteiger charge is -2.06. The van der Waals surface area contributed by atoms with Gasteiger partial charge < -0.3 is 15.0 Å². The van der Waals surface area contributed by atoms with E-state index in [1.165, 1.54) is 0 Å². The second kappa shape index (κ2) is 5.93. The molecule has 1 aromatic carbocycles. The van der Waals surface area contributed by atoms with E-state index < -0.39 is 0 Å². The molecule has 2 rings (SSSR count). The minimum Gasteiger partial charge on any atom is -0.466 e. The maximum absolute atomic E-state index is 11.3. The van der Waals surface area contributed by atoms with Crippen LogP contribution in [0.1, 0.15) is 19.8 Å². The number of benzene rings is 1. The number of nitrogens with zero attached hydrogens (tertiary/aromatic N) is 2. The van der Waals surface area contributed by atoms with Crippen molar-refractivity contribution in [3.63, 3.8) is 0 Å². The molecule has 0 aliphatic rings. The normalized spacial score (nSPS) is 10.8. The lowest BCUT2D eigenvalue weighted by Crippen LogP contribution is -2.08. The van der Waals surface area contributed by atoms with Gasteiger partial charge in [0.2, 0.25) is 5.95 Å². The number of halogens is 1. The fourth-order valence-electron chi connectivity index (χ4n) is 1.96. The molecule has 1 heterocycles. The number of anilines is 1. The van der Waals surface area contributed by atoms with Gasteiger partial charge in [-0.3, -0.25) is 4.79 Å². The summed E-state index contributed by atoms with van der Waals surface area (Å²) in [6, 6.07) is 5.43. The summed E-state index contributed by atoms with van der Waals surface area (Å²) in [6.07, 6.45) is 1.02. The zero-order valence-electron chi connectivity index (χ0n) is 10.7. The molecule has 0 saturated heterocycles. The number of nitrogen functional groups attached to an aromatic ring is 1. The predicted octanol–water partition coefficient (Wildman–Crippen LogP) is 2.62. The molecular weight excluding hydrogens is 266 g/mol. The molecule has 6 heteroatoms. The van der Waals surface area contributed by atoms with Gasteiger partial charge in [-0.25, -0.2) is 4.98 Å². The number of nitrogens with two attached hydrogens (primary N) is 1. The van der Waals surface area contributed by atoms with Crippen LogP contribution < -0.4 is 5.73 Å².